The largest absolute Gasteiger partial charge is 0.433 e. The fourth-order valence-electron chi connectivity index (χ4n) is 1.48. The van der Waals surface area contributed by atoms with Crippen molar-refractivity contribution in [2.75, 3.05) is 19.6 Å². The van der Waals surface area contributed by atoms with Gasteiger partial charge in [0.2, 0.25) is 0 Å². The summed E-state index contributed by atoms with van der Waals surface area (Å²) in [6.45, 7) is 2.50. The molecule has 0 spiro atoms. The van der Waals surface area contributed by atoms with Crippen LogP contribution in [0.5, 0.6) is 0 Å². The molecule has 0 unspecified atom stereocenters. The van der Waals surface area contributed by atoms with Crippen LogP contribution in [0.4, 0.5) is 5.88 Å². The van der Waals surface area contributed by atoms with Gasteiger partial charge < -0.3 is 15.1 Å². The fraction of sp³-hybridized carbons (Fsp3) is 0.500. The van der Waals surface area contributed by atoms with Gasteiger partial charge in [-0.2, -0.15) is 0 Å². The van der Waals surface area contributed by atoms with Gasteiger partial charge >= 0.3 is 5.88 Å². The molecule has 1 fully saturated rings. The molecule has 1 aromatic rings. The van der Waals surface area contributed by atoms with Crippen LogP contribution in [0.25, 0.3) is 0 Å². The number of furan rings is 1. The molecule has 0 aromatic carbocycles. The number of nitro groups is 1. The summed E-state index contributed by atoms with van der Waals surface area (Å²) in [6, 6.07) is 3.06. The van der Waals surface area contributed by atoms with E-state index >= 15 is 0 Å². The molecule has 0 saturated carbocycles. The van der Waals surface area contributed by atoms with Crippen molar-refractivity contribution in [3.8, 4) is 0 Å². The molecule has 1 aromatic heterocycles. The average molecular weight is 234 g/mol. The lowest BCUT2D eigenvalue weighted by Gasteiger charge is -2.22. The highest BCUT2D eigenvalue weighted by atomic mass is 35.5. The Bertz CT molecular complexity index is 336. The number of rotatable bonds is 2. The lowest BCUT2D eigenvalue weighted by Crippen LogP contribution is -2.42. The van der Waals surface area contributed by atoms with Crippen LogP contribution in [0.2, 0.25) is 0 Å². The molecular formula is C8H12ClN3O3. The van der Waals surface area contributed by atoms with E-state index in [1.165, 1.54) is 6.07 Å². The minimum Gasteiger partial charge on any atom is -0.404 e. The minimum absolute atomic E-state index is 0. The highest BCUT2D eigenvalue weighted by molar-refractivity contribution is 5.85. The Kier molecular flexibility index (Phi) is 4.07. The van der Waals surface area contributed by atoms with Crippen molar-refractivity contribution in [1.82, 2.24) is 10.6 Å². The predicted octanol–water partition coefficient (Wildman–Crippen LogP) is 0.843. The van der Waals surface area contributed by atoms with Crippen LogP contribution in [-0.4, -0.2) is 24.6 Å². The number of halogens is 1. The molecule has 6 nitrogen and oxygen atoms in total. The SMILES string of the molecule is Cl.O=[N+]([O-])c1ccc([C@H]2CNCCN2)o1. The monoisotopic (exact) mass is 233 g/mol. The van der Waals surface area contributed by atoms with Gasteiger partial charge in [0.25, 0.3) is 0 Å². The second-order valence-corrected chi connectivity index (χ2v) is 3.14. The normalized spacial score (nSPS) is 20.7. The lowest BCUT2D eigenvalue weighted by molar-refractivity contribution is -0.402. The molecule has 0 radical (unpaired) electrons. The molecule has 7 heteroatoms. The molecule has 1 saturated heterocycles. The molecule has 1 aliphatic heterocycles. The minimum atomic E-state index is -0.528. The second kappa shape index (κ2) is 5.11. The summed E-state index contributed by atoms with van der Waals surface area (Å²) in [5.41, 5.74) is 0. The van der Waals surface area contributed by atoms with E-state index in [2.05, 4.69) is 10.6 Å². The van der Waals surface area contributed by atoms with Crippen molar-refractivity contribution in [1.29, 1.82) is 0 Å². The Morgan fingerprint density at radius 1 is 1.47 bits per heavy atom. The van der Waals surface area contributed by atoms with E-state index in [4.69, 9.17) is 4.42 Å². The van der Waals surface area contributed by atoms with Crippen LogP contribution in [0, 0.1) is 10.1 Å². The lowest BCUT2D eigenvalue weighted by atomic mass is 10.2. The zero-order valence-corrected chi connectivity index (χ0v) is 8.75. The van der Waals surface area contributed by atoms with E-state index in [9.17, 15) is 10.1 Å². The van der Waals surface area contributed by atoms with Crippen LogP contribution >= 0.6 is 12.4 Å². The molecule has 2 N–H and O–H groups in total. The maximum atomic E-state index is 10.4. The third kappa shape index (κ3) is 2.68. The Balaban J connectivity index is 0.00000112. The summed E-state index contributed by atoms with van der Waals surface area (Å²) in [5.74, 6) is 0.413. The van der Waals surface area contributed by atoms with Gasteiger partial charge in [-0.1, -0.05) is 0 Å². The van der Waals surface area contributed by atoms with E-state index in [0.717, 1.165) is 19.6 Å². The van der Waals surface area contributed by atoms with E-state index < -0.39 is 4.92 Å². The van der Waals surface area contributed by atoms with Crippen molar-refractivity contribution in [2.45, 2.75) is 6.04 Å². The molecule has 0 bridgehead atoms. The number of hydrogen-bond acceptors (Lipinski definition) is 5. The molecular weight excluding hydrogens is 222 g/mol. The van der Waals surface area contributed by atoms with Crippen LogP contribution < -0.4 is 10.6 Å². The highest BCUT2D eigenvalue weighted by Crippen LogP contribution is 2.21. The first kappa shape index (κ1) is 12.0. The molecule has 2 rings (SSSR count). The summed E-state index contributed by atoms with van der Waals surface area (Å²) in [5, 5.41) is 16.8. The molecule has 0 amide bonds. The zero-order chi connectivity index (χ0) is 9.97. The van der Waals surface area contributed by atoms with Crippen molar-refractivity contribution in [3.63, 3.8) is 0 Å². The van der Waals surface area contributed by atoms with Crippen LogP contribution in [0.15, 0.2) is 16.5 Å². The van der Waals surface area contributed by atoms with Crippen LogP contribution in [-0.2, 0) is 0 Å². The van der Waals surface area contributed by atoms with Gasteiger partial charge in [0.05, 0.1) is 12.1 Å². The summed E-state index contributed by atoms with van der Waals surface area (Å²) in [4.78, 5) is 9.84. The zero-order valence-electron chi connectivity index (χ0n) is 7.93. The van der Waals surface area contributed by atoms with Gasteiger partial charge in [-0.05, 0) is 6.07 Å². The number of nitrogens with zero attached hydrogens (tertiary/aromatic N) is 1. The number of hydrogen-bond donors (Lipinski definition) is 2. The predicted molar refractivity (Wildman–Crippen MR) is 56.2 cm³/mol. The quantitative estimate of drug-likeness (QED) is 0.585. The summed E-state index contributed by atoms with van der Waals surface area (Å²) < 4.78 is 5.08. The topological polar surface area (TPSA) is 80.3 Å². The average Bonchev–Trinajstić information content (AvgIpc) is 2.68. The van der Waals surface area contributed by atoms with E-state index in [-0.39, 0.29) is 24.3 Å². The number of nitrogens with one attached hydrogen (secondary N) is 2. The van der Waals surface area contributed by atoms with Gasteiger partial charge in [-0.15, -0.1) is 12.4 Å². The van der Waals surface area contributed by atoms with Gasteiger partial charge in [0.15, 0.2) is 0 Å². The standard InChI is InChI=1S/C8H11N3O3.ClH/c12-11(13)8-2-1-7(14-8)6-5-9-3-4-10-6;/h1-2,6,9-10H,3-5H2;1H/t6-;/m1./s1. The summed E-state index contributed by atoms with van der Waals surface area (Å²) >= 11 is 0. The molecule has 84 valence electrons. The smallest absolute Gasteiger partial charge is 0.404 e. The third-order valence-electron chi connectivity index (χ3n) is 2.18. The van der Waals surface area contributed by atoms with Crippen molar-refractivity contribution >= 4 is 18.3 Å². The Morgan fingerprint density at radius 2 is 2.27 bits per heavy atom. The second-order valence-electron chi connectivity index (χ2n) is 3.14. The maximum Gasteiger partial charge on any atom is 0.433 e. The Hall–Kier alpha value is -1.11. The molecule has 0 aliphatic carbocycles. The molecule has 1 atom stereocenters. The maximum absolute atomic E-state index is 10.4. The first-order valence-electron chi connectivity index (χ1n) is 4.45. The first-order chi connectivity index (χ1) is 6.77. The third-order valence-corrected chi connectivity index (χ3v) is 2.18. The van der Waals surface area contributed by atoms with Gasteiger partial charge in [-0.25, -0.2) is 0 Å². The summed E-state index contributed by atoms with van der Waals surface area (Å²) in [7, 11) is 0. The first-order valence-corrected chi connectivity index (χ1v) is 4.45. The van der Waals surface area contributed by atoms with Crippen LogP contribution in [0.3, 0.4) is 0 Å². The van der Waals surface area contributed by atoms with Crippen molar-refractivity contribution in [2.24, 2.45) is 0 Å². The van der Waals surface area contributed by atoms with E-state index in [1.807, 2.05) is 0 Å². The van der Waals surface area contributed by atoms with E-state index in [0.29, 0.717) is 5.76 Å². The Labute approximate surface area is 92.6 Å². The number of piperazine rings is 1. The van der Waals surface area contributed by atoms with Gasteiger partial charge in [0, 0.05) is 19.6 Å². The highest BCUT2D eigenvalue weighted by Gasteiger charge is 2.20. The van der Waals surface area contributed by atoms with Crippen molar-refractivity contribution in [3.05, 3.63) is 28.0 Å². The Morgan fingerprint density at radius 3 is 2.80 bits per heavy atom. The van der Waals surface area contributed by atoms with Gasteiger partial charge in [0.1, 0.15) is 10.7 Å². The fourth-order valence-corrected chi connectivity index (χ4v) is 1.48. The molecule has 1 aliphatic rings. The van der Waals surface area contributed by atoms with E-state index in [1.54, 1.807) is 6.07 Å². The van der Waals surface area contributed by atoms with Crippen LogP contribution in [0.1, 0.15) is 11.8 Å². The van der Waals surface area contributed by atoms with Crippen molar-refractivity contribution < 1.29 is 9.34 Å². The molecule has 2 heterocycles. The summed E-state index contributed by atoms with van der Waals surface area (Å²) in [6.07, 6.45) is 0. The van der Waals surface area contributed by atoms with Gasteiger partial charge in [-0.3, -0.25) is 10.1 Å². The molecule has 15 heavy (non-hydrogen) atoms.